The van der Waals surface area contributed by atoms with Crippen molar-refractivity contribution in [1.82, 2.24) is 10.2 Å². The van der Waals surface area contributed by atoms with Crippen molar-refractivity contribution in [1.29, 1.82) is 0 Å². The highest BCUT2D eigenvalue weighted by atomic mass is 32.2. The van der Waals surface area contributed by atoms with E-state index < -0.39 is 10.8 Å². The summed E-state index contributed by atoms with van der Waals surface area (Å²) >= 11 is 0. The van der Waals surface area contributed by atoms with Gasteiger partial charge >= 0.3 is 0 Å². The third-order valence-electron chi connectivity index (χ3n) is 4.35. The fourth-order valence-electron chi connectivity index (χ4n) is 2.89. The maximum Gasteiger partial charge on any atom is 0.0249 e. The van der Waals surface area contributed by atoms with Crippen molar-refractivity contribution in [2.75, 3.05) is 37.7 Å². The molecule has 0 aromatic carbocycles. The third-order valence-corrected chi connectivity index (χ3v) is 5.73. The summed E-state index contributed by atoms with van der Waals surface area (Å²) in [6, 6.07) is 0.629. The second-order valence-electron chi connectivity index (χ2n) is 5.95. The third kappa shape index (κ3) is 4.98. The van der Waals surface area contributed by atoms with Crippen molar-refractivity contribution >= 4 is 10.8 Å². The van der Waals surface area contributed by atoms with E-state index in [1.54, 1.807) is 0 Å². The van der Waals surface area contributed by atoms with Gasteiger partial charge in [-0.2, -0.15) is 0 Å². The molecule has 0 saturated carbocycles. The molecule has 0 aromatic rings. The second kappa shape index (κ2) is 7.61. The average Bonchev–Trinajstić information content (AvgIpc) is 2.39. The highest BCUT2D eigenvalue weighted by Crippen LogP contribution is 2.15. The van der Waals surface area contributed by atoms with Crippen molar-refractivity contribution in [3.63, 3.8) is 0 Å². The fraction of sp³-hybridized carbons (Fsp3) is 1.00. The minimum absolute atomic E-state index is 0.524. The smallest absolute Gasteiger partial charge is 0.0249 e. The van der Waals surface area contributed by atoms with Crippen molar-refractivity contribution in [3.05, 3.63) is 0 Å². The van der Waals surface area contributed by atoms with Gasteiger partial charge in [-0.3, -0.25) is 4.21 Å². The van der Waals surface area contributed by atoms with Crippen LogP contribution in [0, 0.1) is 5.92 Å². The topological polar surface area (TPSA) is 32.3 Å². The van der Waals surface area contributed by atoms with Gasteiger partial charge in [0, 0.05) is 28.3 Å². The molecule has 0 bridgehead atoms. The van der Waals surface area contributed by atoms with Crippen LogP contribution in [0.2, 0.25) is 0 Å². The normalized spacial score (nSPS) is 31.6. The zero-order chi connectivity index (χ0) is 12.8. The lowest BCUT2D eigenvalue weighted by Crippen LogP contribution is -2.38. The van der Waals surface area contributed by atoms with Crippen LogP contribution < -0.4 is 5.32 Å². The Kier molecular flexibility index (Phi) is 6.12. The molecule has 0 spiro atoms. The zero-order valence-corrected chi connectivity index (χ0v) is 12.5. The van der Waals surface area contributed by atoms with E-state index in [2.05, 4.69) is 17.1 Å². The van der Waals surface area contributed by atoms with E-state index in [9.17, 15) is 4.21 Å². The molecule has 0 aromatic heterocycles. The Morgan fingerprint density at radius 1 is 1.17 bits per heavy atom. The Labute approximate surface area is 114 Å². The molecule has 2 aliphatic heterocycles. The summed E-state index contributed by atoms with van der Waals surface area (Å²) in [5, 5.41) is 3.63. The summed E-state index contributed by atoms with van der Waals surface area (Å²) in [5.41, 5.74) is 0. The van der Waals surface area contributed by atoms with Crippen molar-refractivity contribution in [2.24, 2.45) is 5.92 Å². The lowest BCUT2D eigenvalue weighted by molar-refractivity contribution is 0.189. The van der Waals surface area contributed by atoms with Crippen LogP contribution in [0.25, 0.3) is 0 Å². The van der Waals surface area contributed by atoms with E-state index in [1.165, 1.54) is 38.9 Å². The number of hydrogen-bond donors (Lipinski definition) is 1. The molecule has 3 nitrogen and oxygen atoms in total. The molecule has 0 aliphatic carbocycles. The van der Waals surface area contributed by atoms with Gasteiger partial charge in [0.1, 0.15) is 0 Å². The van der Waals surface area contributed by atoms with Crippen LogP contribution in [0.1, 0.15) is 39.0 Å². The number of hydrogen-bond acceptors (Lipinski definition) is 3. The molecule has 0 atom stereocenters. The molecule has 106 valence electrons. The minimum atomic E-state index is -0.524. The van der Waals surface area contributed by atoms with Crippen LogP contribution in [0.3, 0.4) is 0 Å². The highest BCUT2D eigenvalue weighted by molar-refractivity contribution is 7.85. The Morgan fingerprint density at radius 2 is 1.83 bits per heavy atom. The molecule has 2 saturated heterocycles. The largest absolute Gasteiger partial charge is 0.314 e. The molecule has 4 heteroatoms. The Hall–Kier alpha value is 0.0700. The van der Waals surface area contributed by atoms with E-state index in [0.29, 0.717) is 6.04 Å². The molecule has 2 rings (SSSR count). The first-order chi connectivity index (χ1) is 8.74. The number of likely N-dealkylation sites (tertiary alicyclic amines) is 1. The molecule has 0 unspecified atom stereocenters. The second-order valence-corrected chi connectivity index (χ2v) is 7.65. The molecular formula is C14H28N2OS. The van der Waals surface area contributed by atoms with Gasteiger partial charge < -0.3 is 10.2 Å². The lowest BCUT2D eigenvalue weighted by atomic mass is 9.99. The van der Waals surface area contributed by atoms with Gasteiger partial charge in [0.15, 0.2) is 0 Å². The average molecular weight is 272 g/mol. The van der Waals surface area contributed by atoms with Crippen molar-refractivity contribution in [3.8, 4) is 0 Å². The Morgan fingerprint density at radius 3 is 2.50 bits per heavy atom. The fourth-order valence-corrected chi connectivity index (χ4v) is 4.19. The van der Waals surface area contributed by atoms with Gasteiger partial charge in [0.2, 0.25) is 0 Å². The predicted octanol–water partition coefficient (Wildman–Crippen LogP) is 1.61. The molecule has 18 heavy (non-hydrogen) atoms. The van der Waals surface area contributed by atoms with E-state index in [4.69, 9.17) is 0 Å². The van der Waals surface area contributed by atoms with E-state index >= 15 is 0 Å². The van der Waals surface area contributed by atoms with Gasteiger partial charge in [-0.15, -0.1) is 0 Å². The van der Waals surface area contributed by atoms with Crippen molar-refractivity contribution in [2.45, 2.75) is 45.1 Å². The summed E-state index contributed by atoms with van der Waals surface area (Å²) in [6.45, 7) is 7.33. The highest BCUT2D eigenvalue weighted by Gasteiger charge is 2.17. The molecule has 0 radical (unpaired) electrons. The SMILES string of the molecule is CC1CCN(CCCNC2CCS(=O)CC2)CC1. The summed E-state index contributed by atoms with van der Waals surface area (Å²) in [5.74, 6) is 2.74. The molecule has 2 aliphatic rings. The molecule has 0 amide bonds. The van der Waals surface area contributed by atoms with Crippen LogP contribution in [0.5, 0.6) is 0 Å². The zero-order valence-electron chi connectivity index (χ0n) is 11.7. The van der Waals surface area contributed by atoms with Crippen LogP contribution >= 0.6 is 0 Å². The molecule has 1 N–H and O–H groups in total. The molecule has 2 fully saturated rings. The maximum atomic E-state index is 11.2. The Balaban J connectivity index is 1.49. The summed E-state index contributed by atoms with van der Waals surface area (Å²) in [6.07, 6.45) is 6.22. The number of rotatable bonds is 5. The molecular weight excluding hydrogens is 244 g/mol. The maximum absolute atomic E-state index is 11.2. The van der Waals surface area contributed by atoms with E-state index in [0.717, 1.165) is 36.8 Å². The van der Waals surface area contributed by atoms with E-state index in [-0.39, 0.29) is 0 Å². The number of piperidine rings is 1. The Bertz CT molecular complexity index is 255. The van der Waals surface area contributed by atoms with E-state index in [1.807, 2.05) is 0 Å². The minimum Gasteiger partial charge on any atom is -0.314 e. The van der Waals surface area contributed by atoms with Crippen molar-refractivity contribution < 1.29 is 4.21 Å². The summed E-state index contributed by atoms with van der Waals surface area (Å²) in [7, 11) is -0.524. The van der Waals surface area contributed by atoms with Crippen LogP contribution in [-0.2, 0) is 10.8 Å². The van der Waals surface area contributed by atoms with Gasteiger partial charge in [0.05, 0.1) is 0 Å². The monoisotopic (exact) mass is 272 g/mol. The quantitative estimate of drug-likeness (QED) is 0.772. The number of nitrogens with one attached hydrogen (secondary N) is 1. The predicted molar refractivity (Wildman–Crippen MR) is 78.4 cm³/mol. The lowest BCUT2D eigenvalue weighted by Gasteiger charge is -2.30. The first-order valence-electron chi connectivity index (χ1n) is 7.55. The first-order valence-corrected chi connectivity index (χ1v) is 9.03. The van der Waals surface area contributed by atoms with Gasteiger partial charge in [-0.25, -0.2) is 0 Å². The number of nitrogens with zero attached hydrogens (tertiary/aromatic N) is 1. The van der Waals surface area contributed by atoms with Gasteiger partial charge in [-0.05, 0) is 64.2 Å². The molecule has 2 heterocycles. The van der Waals surface area contributed by atoms with Crippen LogP contribution in [-0.4, -0.2) is 52.8 Å². The standard InChI is InChI=1S/C14H28N2OS/c1-13-3-9-16(10-4-13)8-2-7-15-14-5-11-18(17)12-6-14/h13-15H,2-12H2,1H3. The first kappa shape index (κ1) is 14.5. The summed E-state index contributed by atoms with van der Waals surface area (Å²) in [4.78, 5) is 2.61. The van der Waals surface area contributed by atoms with Gasteiger partial charge in [-0.1, -0.05) is 6.92 Å². The van der Waals surface area contributed by atoms with Gasteiger partial charge in [0.25, 0.3) is 0 Å². The van der Waals surface area contributed by atoms with Crippen LogP contribution in [0.4, 0.5) is 0 Å². The summed E-state index contributed by atoms with van der Waals surface area (Å²) < 4.78 is 11.2. The van der Waals surface area contributed by atoms with Crippen LogP contribution in [0.15, 0.2) is 0 Å².